The molecule has 0 saturated heterocycles. The second-order valence-corrected chi connectivity index (χ2v) is 6.88. The fraction of sp³-hybridized carbons (Fsp3) is 0.571. The highest BCUT2D eigenvalue weighted by Crippen LogP contribution is 2.40. The Labute approximate surface area is 120 Å². The Balaban J connectivity index is 1.91. The Morgan fingerprint density at radius 3 is 2.63 bits per heavy atom. The van der Waals surface area contributed by atoms with Crippen LogP contribution in [0.3, 0.4) is 0 Å². The molecule has 0 bridgehead atoms. The molecule has 2 rings (SSSR count). The smallest absolute Gasteiger partial charge is 0.311 e. The van der Waals surface area contributed by atoms with Crippen LogP contribution in [0.2, 0.25) is 0 Å². The van der Waals surface area contributed by atoms with Crippen LogP contribution in [0.25, 0.3) is 0 Å². The van der Waals surface area contributed by atoms with Gasteiger partial charge in [-0.15, -0.1) is 0 Å². The fourth-order valence-corrected chi connectivity index (χ4v) is 2.24. The molecule has 0 atom stereocenters. The topological polar surface area (TPSA) is 39.2 Å². The third-order valence-corrected chi connectivity index (χ3v) is 3.64. The lowest BCUT2D eigenvalue weighted by Crippen LogP contribution is -2.36. The summed E-state index contributed by atoms with van der Waals surface area (Å²) in [6.07, 6.45) is 2.77. The maximum atomic E-state index is 13.7. The van der Waals surface area contributed by atoms with E-state index in [4.69, 9.17) is 4.74 Å². The van der Waals surface area contributed by atoms with Gasteiger partial charge in [0.2, 0.25) is 0 Å². The molecule has 1 aromatic rings. The Hall–Kier alpha value is -0.970. The minimum Gasteiger partial charge on any atom is -0.462 e. The predicted molar refractivity (Wildman–Crippen MR) is 73.2 cm³/mol. The highest BCUT2D eigenvalue weighted by molar-refractivity contribution is 9.10. The van der Waals surface area contributed by atoms with Gasteiger partial charge in [-0.05, 0) is 55.6 Å². The van der Waals surface area contributed by atoms with Gasteiger partial charge in [0, 0.05) is 16.6 Å². The minimum absolute atomic E-state index is 0.0471. The summed E-state index contributed by atoms with van der Waals surface area (Å²) in [5.41, 5.74) is -0.0297. The normalized spacial score (nSPS) is 22.8. The van der Waals surface area contributed by atoms with Gasteiger partial charge in [-0.3, -0.25) is 9.78 Å². The molecule has 0 aliphatic heterocycles. The highest BCUT2D eigenvalue weighted by atomic mass is 79.9. The summed E-state index contributed by atoms with van der Waals surface area (Å²) in [7, 11) is 0. The van der Waals surface area contributed by atoms with Crippen molar-refractivity contribution in [3.05, 3.63) is 28.2 Å². The van der Waals surface area contributed by atoms with Gasteiger partial charge >= 0.3 is 5.97 Å². The van der Waals surface area contributed by atoms with Crippen molar-refractivity contribution in [3.63, 3.8) is 0 Å². The molecule has 5 heteroatoms. The number of rotatable bonds is 2. The van der Waals surface area contributed by atoms with Gasteiger partial charge in [0.25, 0.3) is 0 Å². The number of esters is 1. The lowest BCUT2D eigenvalue weighted by molar-refractivity contribution is -0.163. The third-order valence-electron chi connectivity index (χ3n) is 3.20. The monoisotopic (exact) mass is 329 g/mol. The zero-order valence-corrected chi connectivity index (χ0v) is 12.8. The molecular formula is C14H17BrFNO2. The molecule has 0 amide bonds. The molecule has 1 aliphatic carbocycles. The summed E-state index contributed by atoms with van der Waals surface area (Å²) in [4.78, 5) is 15.8. The first kappa shape index (κ1) is 14.4. The Bertz CT molecular complexity index is 493. The van der Waals surface area contributed by atoms with Crippen molar-refractivity contribution in [2.24, 2.45) is 5.41 Å². The molecule has 3 nitrogen and oxygen atoms in total. The van der Waals surface area contributed by atoms with Crippen LogP contribution in [-0.2, 0) is 9.53 Å². The molecule has 1 heterocycles. The first-order valence-electron chi connectivity index (χ1n) is 6.29. The zero-order chi connectivity index (χ0) is 14.2. The van der Waals surface area contributed by atoms with Crippen LogP contribution in [0.5, 0.6) is 0 Å². The fourth-order valence-electron chi connectivity index (χ4n) is 1.94. The number of halogens is 2. The summed E-state index contributed by atoms with van der Waals surface area (Å²) in [6, 6.07) is 1.41. The summed E-state index contributed by atoms with van der Waals surface area (Å²) in [6.45, 7) is 5.46. The quantitative estimate of drug-likeness (QED) is 0.774. The van der Waals surface area contributed by atoms with Gasteiger partial charge in [0.15, 0.2) is 0 Å². The molecule has 0 spiro atoms. The van der Waals surface area contributed by atoms with E-state index in [1.165, 1.54) is 6.07 Å². The summed E-state index contributed by atoms with van der Waals surface area (Å²) in [5, 5.41) is 0. The summed E-state index contributed by atoms with van der Waals surface area (Å²) in [5.74, 6) is -0.467. The summed E-state index contributed by atoms with van der Waals surface area (Å²) >= 11 is 3.18. The van der Waals surface area contributed by atoms with Crippen LogP contribution < -0.4 is 0 Å². The van der Waals surface area contributed by atoms with Crippen molar-refractivity contribution in [3.8, 4) is 0 Å². The van der Waals surface area contributed by atoms with Gasteiger partial charge in [-0.2, -0.15) is 0 Å². The van der Waals surface area contributed by atoms with Crippen molar-refractivity contribution in [2.75, 3.05) is 0 Å². The Kier molecular flexibility index (Phi) is 3.95. The predicted octanol–water partition coefficient (Wildman–Crippen LogP) is 3.82. The number of carbonyl (C=O) groups is 1. The van der Waals surface area contributed by atoms with Crippen LogP contribution in [0.1, 0.15) is 45.2 Å². The molecule has 0 N–H and O–H groups in total. The molecule has 0 radical (unpaired) electrons. The first-order chi connectivity index (χ1) is 8.77. The maximum absolute atomic E-state index is 13.7. The number of nitrogens with zero attached hydrogens (tertiary/aromatic N) is 1. The lowest BCUT2D eigenvalue weighted by atomic mass is 9.79. The largest absolute Gasteiger partial charge is 0.462 e. The van der Waals surface area contributed by atoms with Gasteiger partial charge in [0.05, 0.1) is 11.1 Å². The molecule has 0 unspecified atom stereocenters. The first-order valence-corrected chi connectivity index (χ1v) is 7.08. The number of aromatic nitrogens is 1. The van der Waals surface area contributed by atoms with Crippen LogP contribution >= 0.6 is 15.9 Å². The molecule has 0 aromatic carbocycles. The summed E-state index contributed by atoms with van der Waals surface area (Å²) < 4.78 is 19.7. The van der Waals surface area contributed by atoms with E-state index in [2.05, 4.69) is 20.9 Å². The van der Waals surface area contributed by atoms with Gasteiger partial charge in [-0.1, -0.05) is 0 Å². The number of pyridine rings is 1. The van der Waals surface area contributed by atoms with E-state index in [1.807, 2.05) is 20.8 Å². The van der Waals surface area contributed by atoms with E-state index in [9.17, 15) is 9.18 Å². The molecule has 104 valence electrons. The Morgan fingerprint density at radius 1 is 1.47 bits per heavy atom. The minimum atomic E-state index is -0.494. The molecule has 1 aliphatic rings. The number of hydrogen-bond acceptors (Lipinski definition) is 3. The van der Waals surface area contributed by atoms with Gasteiger partial charge in [-0.25, -0.2) is 4.39 Å². The molecule has 19 heavy (non-hydrogen) atoms. The molecule has 1 aromatic heterocycles. The SMILES string of the molecule is CC(C)(C)C(=O)OC1CC(c2ncc(Br)cc2F)C1. The van der Waals surface area contributed by atoms with E-state index in [-0.39, 0.29) is 23.8 Å². The van der Waals surface area contributed by atoms with E-state index in [0.29, 0.717) is 23.0 Å². The average Bonchev–Trinajstić information content (AvgIpc) is 2.22. The number of hydrogen-bond donors (Lipinski definition) is 0. The van der Waals surface area contributed by atoms with Crippen molar-refractivity contribution in [1.29, 1.82) is 0 Å². The molecule has 1 saturated carbocycles. The lowest BCUT2D eigenvalue weighted by Gasteiger charge is -2.35. The standard InChI is InChI=1S/C14H17BrFNO2/c1-14(2,3)13(18)19-10-4-8(5-10)12-11(16)6-9(15)7-17-12/h6-8,10H,4-5H2,1-3H3. The second kappa shape index (κ2) is 5.19. The van der Waals surface area contributed by atoms with Crippen LogP contribution in [0.15, 0.2) is 16.7 Å². The zero-order valence-electron chi connectivity index (χ0n) is 11.2. The van der Waals surface area contributed by atoms with E-state index >= 15 is 0 Å². The van der Waals surface area contributed by atoms with E-state index in [1.54, 1.807) is 6.20 Å². The van der Waals surface area contributed by atoms with Crippen molar-refractivity contribution >= 4 is 21.9 Å². The molecular weight excluding hydrogens is 313 g/mol. The van der Waals surface area contributed by atoms with E-state index in [0.717, 1.165) is 0 Å². The average molecular weight is 330 g/mol. The van der Waals surface area contributed by atoms with Gasteiger partial charge < -0.3 is 4.74 Å². The van der Waals surface area contributed by atoms with E-state index < -0.39 is 5.41 Å². The second-order valence-electron chi connectivity index (χ2n) is 5.97. The van der Waals surface area contributed by atoms with Crippen LogP contribution in [0.4, 0.5) is 4.39 Å². The maximum Gasteiger partial charge on any atom is 0.311 e. The third kappa shape index (κ3) is 3.32. The number of ether oxygens (including phenoxy) is 1. The van der Waals surface area contributed by atoms with Crippen molar-refractivity contribution in [1.82, 2.24) is 4.98 Å². The van der Waals surface area contributed by atoms with Crippen molar-refractivity contribution < 1.29 is 13.9 Å². The highest BCUT2D eigenvalue weighted by Gasteiger charge is 2.37. The van der Waals surface area contributed by atoms with Gasteiger partial charge in [0.1, 0.15) is 11.9 Å². The van der Waals surface area contributed by atoms with Crippen LogP contribution in [0, 0.1) is 11.2 Å². The Morgan fingerprint density at radius 2 is 2.11 bits per heavy atom. The van der Waals surface area contributed by atoms with Crippen LogP contribution in [-0.4, -0.2) is 17.1 Å². The number of carbonyl (C=O) groups excluding carboxylic acids is 1. The molecule has 1 fully saturated rings. The van der Waals surface area contributed by atoms with Crippen molar-refractivity contribution in [2.45, 2.75) is 45.6 Å².